The van der Waals surface area contributed by atoms with Gasteiger partial charge >= 0.3 is 0 Å². The number of carbonyl (C=O) groups is 2. The summed E-state index contributed by atoms with van der Waals surface area (Å²) >= 11 is 5.83. The molecular weight excluding hydrogens is 314 g/mol. The van der Waals surface area contributed by atoms with E-state index in [1.54, 1.807) is 48.5 Å². The van der Waals surface area contributed by atoms with Crippen LogP contribution in [0.4, 0.5) is 0 Å². The normalized spacial score (nSPS) is 11.8. The molecule has 1 unspecified atom stereocenters. The number of amides is 1. The van der Waals surface area contributed by atoms with Gasteiger partial charge in [-0.1, -0.05) is 36.7 Å². The molecule has 0 aromatic heterocycles. The second-order valence-electron chi connectivity index (χ2n) is 5.14. The zero-order valence-electron chi connectivity index (χ0n) is 12.8. The molecular formula is C18H18ClNO3. The zero-order chi connectivity index (χ0) is 16.8. The van der Waals surface area contributed by atoms with Crippen molar-refractivity contribution in [2.24, 2.45) is 0 Å². The van der Waals surface area contributed by atoms with E-state index in [1.165, 1.54) is 0 Å². The largest absolute Gasteiger partial charge is 0.394 e. The van der Waals surface area contributed by atoms with Crippen LogP contribution in [0.5, 0.6) is 0 Å². The molecule has 0 bridgehead atoms. The van der Waals surface area contributed by atoms with E-state index >= 15 is 0 Å². The molecule has 1 atom stereocenters. The average molecular weight is 332 g/mol. The Bertz CT molecular complexity index is 694. The van der Waals surface area contributed by atoms with Gasteiger partial charge in [0.15, 0.2) is 5.78 Å². The summed E-state index contributed by atoms with van der Waals surface area (Å²) in [6.45, 7) is 1.72. The van der Waals surface area contributed by atoms with Crippen molar-refractivity contribution in [3.63, 3.8) is 0 Å². The highest BCUT2D eigenvalue weighted by atomic mass is 35.5. The first-order valence-electron chi connectivity index (χ1n) is 7.37. The number of nitrogens with one attached hydrogen (secondary N) is 1. The van der Waals surface area contributed by atoms with Crippen LogP contribution in [0, 0.1) is 0 Å². The topological polar surface area (TPSA) is 66.4 Å². The first kappa shape index (κ1) is 17.2. The fourth-order valence-electron chi connectivity index (χ4n) is 2.18. The second kappa shape index (κ2) is 7.90. The lowest BCUT2D eigenvalue weighted by atomic mass is 9.97. The van der Waals surface area contributed by atoms with Gasteiger partial charge in [-0.15, -0.1) is 0 Å². The Kier molecular flexibility index (Phi) is 5.90. The summed E-state index contributed by atoms with van der Waals surface area (Å²) in [6, 6.07) is 12.8. The van der Waals surface area contributed by atoms with Crippen LogP contribution >= 0.6 is 11.6 Å². The van der Waals surface area contributed by atoms with Gasteiger partial charge in [-0.05, 0) is 36.8 Å². The van der Waals surface area contributed by atoms with Gasteiger partial charge in [0.25, 0.3) is 5.91 Å². The van der Waals surface area contributed by atoms with Gasteiger partial charge in [0, 0.05) is 16.1 Å². The molecule has 0 saturated carbocycles. The van der Waals surface area contributed by atoms with Crippen molar-refractivity contribution in [2.75, 3.05) is 6.61 Å². The van der Waals surface area contributed by atoms with Gasteiger partial charge in [0.05, 0.1) is 18.2 Å². The summed E-state index contributed by atoms with van der Waals surface area (Å²) in [5.41, 5.74) is 1.07. The van der Waals surface area contributed by atoms with Gasteiger partial charge in [-0.25, -0.2) is 0 Å². The summed E-state index contributed by atoms with van der Waals surface area (Å²) in [6.07, 6.45) is 0.607. The summed E-state index contributed by atoms with van der Waals surface area (Å²) < 4.78 is 0. The van der Waals surface area contributed by atoms with Crippen molar-refractivity contribution < 1.29 is 14.7 Å². The van der Waals surface area contributed by atoms with E-state index in [9.17, 15) is 14.7 Å². The summed E-state index contributed by atoms with van der Waals surface area (Å²) in [5.74, 6) is -0.617. The Morgan fingerprint density at radius 3 is 2.26 bits per heavy atom. The lowest BCUT2D eigenvalue weighted by Crippen LogP contribution is -2.37. The SMILES string of the molecule is CCC(CO)NC(=O)c1ccccc1C(=O)c1ccc(Cl)cc1. The molecule has 0 radical (unpaired) electrons. The van der Waals surface area contributed by atoms with Gasteiger partial charge < -0.3 is 10.4 Å². The first-order chi connectivity index (χ1) is 11.1. The van der Waals surface area contributed by atoms with Gasteiger partial charge in [0.1, 0.15) is 0 Å². The molecule has 2 aromatic carbocycles. The number of halogens is 1. The highest BCUT2D eigenvalue weighted by molar-refractivity contribution is 6.30. The number of aliphatic hydroxyl groups excluding tert-OH is 1. The van der Waals surface area contributed by atoms with Crippen molar-refractivity contribution >= 4 is 23.3 Å². The third-order valence-electron chi connectivity index (χ3n) is 3.57. The Balaban J connectivity index is 2.31. The minimum absolute atomic E-state index is 0.143. The molecule has 0 saturated heterocycles. The first-order valence-corrected chi connectivity index (χ1v) is 7.75. The molecule has 5 heteroatoms. The zero-order valence-corrected chi connectivity index (χ0v) is 13.5. The summed E-state index contributed by atoms with van der Waals surface area (Å²) in [5, 5.41) is 12.5. The molecule has 4 nitrogen and oxygen atoms in total. The van der Waals surface area contributed by atoms with Crippen LogP contribution in [0.25, 0.3) is 0 Å². The maximum Gasteiger partial charge on any atom is 0.252 e. The van der Waals surface area contributed by atoms with E-state index in [0.29, 0.717) is 28.1 Å². The Morgan fingerprint density at radius 1 is 1.09 bits per heavy atom. The highest BCUT2D eigenvalue weighted by Gasteiger charge is 2.19. The number of hydrogen-bond donors (Lipinski definition) is 2. The fourth-order valence-corrected chi connectivity index (χ4v) is 2.30. The van der Waals surface area contributed by atoms with Crippen molar-refractivity contribution in [1.29, 1.82) is 0 Å². The van der Waals surface area contributed by atoms with Crippen LogP contribution in [0.3, 0.4) is 0 Å². The summed E-state index contributed by atoms with van der Waals surface area (Å²) in [7, 11) is 0. The van der Waals surface area contributed by atoms with Crippen LogP contribution in [-0.4, -0.2) is 29.4 Å². The van der Waals surface area contributed by atoms with Crippen molar-refractivity contribution in [3.8, 4) is 0 Å². The molecule has 0 aliphatic carbocycles. The molecule has 1 amide bonds. The van der Waals surface area contributed by atoms with Crippen LogP contribution in [0.1, 0.15) is 39.6 Å². The van der Waals surface area contributed by atoms with E-state index in [1.807, 2.05) is 6.92 Å². The van der Waals surface area contributed by atoms with E-state index in [2.05, 4.69) is 5.32 Å². The molecule has 0 aliphatic rings. The second-order valence-corrected chi connectivity index (χ2v) is 5.58. The van der Waals surface area contributed by atoms with Gasteiger partial charge in [0.2, 0.25) is 0 Å². The van der Waals surface area contributed by atoms with Crippen molar-refractivity contribution in [1.82, 2.24) is 5.32 Å². The lowest BCUT2D eigenvalue weighted by Gasteiger charge is -2.15. The standard InChI is InChI=1S/C18H18ClNO3/c1-2-14(11-21)20-18(23)16-6-4-3-5-15(16)17(22)12-7-9-13(19)10-8-12/h3-10,14,21H,2,11H2,1H3,(H,20,23). The number of benzene rings is 2. The van der Waals surface area contributed by atoms with Crippen LogP contribution in [0.15, 0.2) is 48.5 Å². The number of carbonyl (C=O) groups excluding carboxylic acids is 2. The highest BCUT2D eigenvalue weighted by Crippen LogP contribution is 2.17. The number of rotatable bonds is 6. The molecule has 0 fully saturated rings. The quantitative estimate of drug-likeness (QED) is 0.799. The van der Waals surface area contributed by atoms with Gasteiger partial charge in [-0.2, -0.15) is 0 Å². The number of ketones is 1. The predicted molar refractivity (Wildman–Crippen MR) is 90.0 cm³/mol. The Hall–Kier alpha value is -2.17. The Labute approximate surface area is 140 Å². The lowest BCUT2D eigenvalue weighted by molar-refractivity contribution is 0.0906. The Morgan fingerprint density at radius 2 is 1.70 bits per heavy atom. The molecule has 2 N–H and O–H groups in total. The average Bonchev–Trinajstić information content (AvgIpc) is 2.59. The minimum atomic E-state index is -0.371. The summed E-state index contributed by atoms with van der Waals surface area (Å²) in [4.78, 5) is 25.0. The molecule has 120 valence electrons. The molecule has 2 rings (SSSR count). The van der Waals surface area contributed by atoms with Crippen LogP contribution < -0.4 is 5.32 Å². The van der Waals surface area contributed by atoms with E-state index in [0.717, 1.165) is 0 Å². The number of hydrogen-bond acceptors (Lipinski definition) is 3. The van der Waals surface area contributed by atoms with Crippen molar-refractivity contribution in [3.05, 3.63) is 70.2 Å². The monoisotopic (exact) mass is 331 g/mol. The maximum absolute atomic E-state index is 12.6. The smallest absolute Gasteiger partial charge is 0.252 e. The molecule has 0 spiro atoms. The van der Waals surface area contributed by atoms with Crippen LogP contribution in [-0.2, 0) is 0 Å². The molecule has 23 heavy (non-hydrogen) atoms. The molecule has 0 heterocycles. The third-order valence-corrected chi connectivity index (χ3v) is 3.82. The molecule has 0 aliphatic heterocycles. The van der Waals surface area contributed by atoms with E-state index < -0.39 is 0 Å². The van der Waals surface area contributed by atoms with Gasteiger partial charge in [-0.3, -0.25) is 9.59 Å². The predicted octanol–water partition coefficient (Wildman–Crippen LogP) is 3.07. The maximum atomic E-state index is 12.6. The fraction of sp³-hybridized carbons (Fsp3) is 0.222. The van der Waals surface area contributed by atoms with E-state index in [-0.39, 0.29) is 24.3 Å². The minimum Gasteiger partial charge on any atom is -0.394 e. The third kappa shape index (κ3) is 4.18. The van der Waals surface area contributed by atoms with Crippen molar-refractivity contribution in [2.45, 2.75) is 19.4 Å². The number of aliphatic hydroxyl groups is 1. The van der Waals surface area contributed by atoms with Crippen LogP contribution in [0.2, 0.25) is 5.02 Å². The molecule has 2 aromatic rings. The van der Waals surface area contributed by atoms with E-state index in [4.69, 9.17) is 11.6 Å².